The second-order valence-corrected chi connectivity index (χ2v) is 5.98. The number of hydrogen-bond donors (Lipinski definition) is 1. The highest BCUT2D eigenvalue weighted by Crippen LogP contribution is 2.15. The van der Waals surface area contributed by atoms with Crippen LogP contribution in [0.5, 0.6) is 0 Å². The van der Waals surface area contributed by atoms with Crippen molar-refractivity contribution in [3.63, 3.8) is 0 Å². The number of benzene rings is 1. The molecule has 22 heavy (non-hydrogen) atoms. The molecule has 3 aromatic rings. The second-order valence-electron chi connectivity index (χ2n) is 5.07. The number of nitrogens with zero attached hydrogens (tertiary/aromatic N) is 2. The lowest BCUT2D eigenvalue weighted by Crippen LogP contribution is -2.21. The van der Waals surface area contributed by atoms with Gasteiger partial charge in [-0.25, -0.2) is 13.8 Å². The maximum Gasteiger partial charge on any atom is 0.268 e. The van der Waals surface area contributed by atoms with E-state index in [1.807, 2.05) is 17.3 Å². The summed E-state index contributed by atoms with van der Waals surface area (Å²) in [5.74, 6) is -1.18. The number of aromatic amines is 1. The SMILES string of the molecule is CN(Cc1ccc(F)c(F)c1)Cc1nc2ccsc2c(=O)[nH]1. The first-order valence-corrected chi connectivity index (χ1v) is 7.50. The van der Waals surface area contributed by atoms with Crippen LogP contribution in [0.3, 0.4) is 0 Å². The Morgan fingerprint density at radius 2 is 2.05 bits per heavy atom. The largest absolute Gasteiger partial charge is 0.308 e. The van der Waals surface area contributed by atoms with Crippen LogP contribution in [0.2, 0.25) is 0 Å². The molecule has 0 fully saturated rings. The zero-order valence-electron chi connectivity index (χ0n) is 11.8. The first kappa shape index (κ1) is 14.8. The van der Waals surface area contributed by atoms with Crippen molar-refractivity contribution in [3.8, 4) is 0 Å². The summed E-state index contributed by atoms with van der Waals surface area (Å²) in [7, 11) is 1.82. The average molecular weight is 321 g/mol. The van der Waals surface area contributed by atoms with E-state index >= 15 is 0 Å². The minimum absolute atomic E-state index is 0.156. The van der Waals surface area contributed by atoms with Crippen molar-refractivity contribution in [3.05, 3.63) is 63.0 Å². The molecule has 0 aliphatic rings. The fourth-order valence-corrected chi connectivity index (χ4v) is 2.98. The number of nitrogens with one attached hydrogen (secondary N) is 1. The summed E-state index contributed by atoms with van der Waals surface area (Å²) in [6.07, 6.45) is 0. The summed E-state index contributed by atoms with van der Waals surface area (Å²) in [6.45, 7) is 0.822. The predicted molar refractivity (Wildman–Crippen MR) is 81.8 cm³/mol. The molecule has 0 spiro atoms. The Bertz CT molecular complexity index is 875. The van der Waals surface area contributed by atoms with Crippen LogP contribution in [0.1, 0.15) is 11.4 Å². The van der Waals surface area contributed by atoms with Crippen molar-refractivity contribution >= 4 is 21.6 Å². The Morgan fingerprint density at radius 1 is 1.23 bits per heavy atom. The normalized spacial score (nSPS) is 11.5. The highest BCUT2D eigenvalue weighted by molar-refractivity contribution is 7.17. The lowest BCUT2D eigenvalue weighted by atomic mass is 10.2. The zero-order valence-corrected chi connectivity index (χ0v) is 12.6. The molecule has 0 atom stereocenters. The van der Waals surface area contributed by atoms with Gasteiger partial charge in [-0.1, -0.05) is 6.07 Å². The molecule has 0 bridgehead atoms. The number of H-pyrrole nitrogens is 1. The number of hydrogen-bond acceptors (Lipinski definition) is 4. The Balaban J connectivity index is 1.76. The molecule has 1 N–H and O–H groups in total. The van der Waals surface area contributed by atoms with Crippen LogP contribution < -0.4 is 5.56 Å². The Kier molecular flexibility index (Phi) is 4.00. The third kappa shape index (κ3) is 3.05. The predicted octanol–water partition coefficient (Wildman–Crippen LogP) is 2.89. The van der Waals surface area contributed by atoms with Gasteiger partial charge in [-0.2, -0.15) is 0 Å². The van der Waals surface area contributed by atoms with Crippen molar-refractivity contribution in [2.24, 2.45) is 0 Å². The molecular weight excluding hydrogens is 308 g/mol. The number of thiophene rings is 1. The molecule has 0 aliphatic carbocycles. The molecule has 0 saturated heterocycles. The molecular formula is C15H13F2N3OS. The Morgan fingerprint density at radius 3 is 2.82 bits per heavy atom. The Labute approximate surface area is 129 Å². The van der Waals surface area contributed by atoms with Gasteiger partial charge in [-0.05, 0) is 36.2 Å². The van der Waals surface area contributed by atoms with Gasteiger partial charge in [0, 0.05) is 6.54 Å². The maximum absolute atomic E-state index is 13.2. The molecule has 1 aromatic carbocycles. The summed E-state index contributed by atoms with van der Waals surface area (Å²) in [5.41, 5.74) is 1.17. The van der Waals surface area contributed by atoms with Gasteiger partial charge in [-0.15, -0.1) is 11.3 Å². The van der Waals surface area contributed by atoms with Crippen molar-refractivity contribution < 1.29 is 8.78 Å². The lowest BCUT2D eigenvalue weighted by Gasteiger charge is -2.16. The number of aromatic nitrogens is 2. The minimum Gasteiger partial charge on any atom is -0.308 e. The summed E-state index contributed by atoms with van der Waals surface area (Å²) < 4.78 is 26.7. The van der Waals surface area contributed by atoms with Crippen molar-refractivity contribution in [1.82, 2.24) is 14.9 Å². The van der Waals surface area contributed by atoms with Crippen LogP contribution in [-0.4, -0.2) is 21.9 Å². The molecule has 7 heteroatoms. The molecule has 2 heterocycles. The fraction of sp³-hybridized carbons (Fsp3) is 0.200. The van der Waals surface area contributed by atoms with Crippen molar-refractivity contribution in [2.45, 2.75) is 13.1 Å². The van der Waals surface area contributed by atoms with Gasteiger partial charge in [0.2, 0.25) is 0 Å². The quantitative estimate of drug-likeness (QED) is 0.804. The maximum atomic E-state index is 13.2. The zero-order chi connectivity index (χ0) is 15.7. The number of halogens is 2. The third-order valence-electron chi connectivity index (χ3n) is 3.22. The van der Waals surface area contributed by atoms with Crippen LogP contribution in [0.4, 0.5) is 8.78 Å². The van der Waals surface area contributed by atoms with E-state index in [-0.39, 0.29) is 5.56 Å². The van der Waals surface area contributed by atoms with E-state index < -0.39 is 11.6 Å². The number of fused-ring (bicyclic) bond motifs is 1. The summed E-state index contributed by atoms with van der Waals surface area (Å²) >= 11 is 1.35. The number of rotatable bonds is 4. The molecule has 0 unspecified atom stereocenters. The third-order valence-corrected chi connectivity index (χ3v) is 4.12. The van der Waals surface area contributed by atoms with Crippen LogP contribution in [0.15, 0.2) is 34.4 Å². The van der Waals surface area contributed by atoms with E-state index in [9.17, 15) is 13.6 Å². The standard InChI is InChI=1S/C15H13F2N3OS/c1-20(7-9-2-3-10(16)11(17)6-9)8-13-18-12-4-5-22-14(12)15(21)19-13/h2-6H,7-8H2,1H3,(H,18,19,21). The van der Waals surface area contributed by atoms with E-state index in [4.69, 9.17) is 0 Å². The molecule has 114 valence electrons. The van der Waals surface area contributed by atoms with Crippen LogP contribution >= 0.6 is 11.3 Å². The smallest absolute Gasteiger partial charge is 0.268 e. The minimum atomic E-state index is -0.864. The van der Waals surface area contributed by atoms with Gasteiger partial charge in [-0.3, -0.25) is 9.69 Å². The van der Waals surface area contributed by atoms with Gasteiger partial charge in [0.15, 0.2) is 11.6 Å². The summed E-state index contributed by atoms with van der Waals surface area (Å²) in [4.78, 5) is 20.9. The molecule has 4 nitrogen and oxygen atoms in total. The van der Waals surface area contributed by atoms with Crippen LogP contribution in [-0.2, 0) is 13.1 Å². The summed E-state index contributed by atoms with van der Waals surface area (Å²) in [6, 6.07) is 5.61. The van der Waals surface area contributed by atoms with Gasteiger partial charge in [0.05, 0.1) is 12.1 Å². The fourth-order valence-electron chi connectivity index (χ4n) is 2.26. The first-order valence-electron chi connectivity index (χ1n) is 6.62. The lowest BCUT2D eigenvalue weighted by molar-refractivity contribution is 0.310. The van der Waals surface area contributed by atoms with Gasteiger partial charge < -0.3 is 4.98 Å². The highest BCUT2D eigenvalue weighted by Gasteiger charge is 2.09. The molecule has 0 radical (unpaired) electrons. The monoisotopic (exact) mass is 321 g/mol. The van der Waals surface area contributed by atoms with Crippen molar-refractivity contribution in [2.75, 3.05) is 7.05 Å². The van der Waals surface area contributed by atoms with E-state index in [2.05, 4.69) is 9.97 Å². The Hall–Kier alpha value is -2.12. The molecule has 0 aliphatic heterocycles. The van der Waals surface area contributed by atoms with E-state index in [0.717, 1.165) is 6.07 Å². The molecule has 0 saturated carbocycles. The van der Waals surface area contributed by atoms with Crippen LogP contribution in [0, 0.1) is 11.6 Å². The van der Waals surface area contributed by atoms with Gasteiger partial charge in [0.1, 0.15) is 10.5 Å². The van der Waals surface area contributed by atoms with Gasteiger partial charge >= 0.3 is 0 Å². The average Bonchev–Trinajstić information content (AvgIpc) is 2.91. The topological polar surface area (TPSA) is 49.0 Å². The molecule has 3 rings (SSSR count). The van der Waals surface area contributed by atoms with Crippen LogP contribution in [0.25, 0.3) is 10.2 Å². The highest BCUT2D eigenvalue weighted by atomic mass is 32.1. The summed E-state index contributed by atoms with van der Waals surface area (Å²) in [5, 5.41) is 1.82. The molecule has 0 amide bonds. The molecule has 2 aromatic heterocycles. The van der Waals surface area contributed by atoms with E-state index in [1.54, 1.807) is 6.07 Å². The first-order chi connectivity index (χ1) is 10.5. The van der Waals surface area contributed by atoms with E-state index in [1.165, 1.54) is 23.5 Å². The second kappa shape index (κ2) is 5.94. The van der Waals surface area contributed by atoms with Crippen molar-refractivity contribution in [1.29, 1.82) is 0 Å². The van der Waals surface area contributed by atoms with Gasteiger partial charge in [0.25, 0.3) is 5.56 Å². The van der Waals surface area contributed by atoms with E-state index in [0.29, 0.717) is 34.7 Å².